The van der Waals surface area contributed by atoms with Crippen molar-refractivity contribution in [1.82, 2.24) is 34.7 Å². The predicted molar refractivity (Wildman–Crippen MR) is 133 cm³/mol. The fraction of sp³-hybridized carbons (Fsp3) is 0.269. The molecule has 9 heteroatoms. The number of hydrogen-bond acceptors (Lipinski definition) is 7. The molecular weight excluding hydrogens is 440 g/mol. The lowest BCUT2D eigenvalue weighted by molar-refractivity contribution is 0.393. The zero-order valence-electron chi connectivity index (χ0n) is 20.2. The Balaban J connectivity index is 1.40. The maximum Gasteiger partial charge on any atom is 0.228 e. The summed E-state index contributed by atoms with van der Waals surface area (Å²) in [5.41, 5.74) is 9.34. The monoisotopic (exact) mass is 466 g/mol. The first kappa shape index (κ1) is 21.3. The molecule has 4 heterocycles. The van der Waals surface area contributed by atoms with Gasteiger partial charge in [0.05, 0.1) is 22.8 Å². The molecule has 0 saturated heterocycles. The van der Waals surface area contributed by atoms with Crippen LogP contribution in [0.2, 0.25) is 0 Å². The van der Waals surface area contributed by atoms with Crippen LogP contribution in [0.5, 0.6) is 0 Å². The normalized spacial score (nSPS) is 12.5. The Kier molecular flexibility index (Phi) is 4.98. The Morgan fingerprint density at radius 1 is 1.00 bits per heavy atom. The van der Waals surface area contributed by atoms with Crippen LogP contribution in [-0.2, 0) is 26.4 Å². The molecule has 0 radical (unpaired) electrons. The van der Waals surface area contributed by atoms with Crippen molar-refractivity contribution >= 4 is 11.8 Å². The number of anilines is 2. The predicted octanol–water partition coefficient (Wildman–Crippen LogP) is 4.87. The molecule has 0 unspecified atom stereocenters. The molecule has 176 valence electrons. The summed E-state index contributed by atoms with van der Waals surface area (Å²) in [6, 6.07) is 10.4. The molecule has 1 aliphatic carbocycles. The van der Waals surface area contributed by atoms with Gasteiger partial charge in [0.1, 0.15) is 5.76 Å². The number of benzene rings is 1. The van der Waals surface area contributed by atoms with Crippen molar-refractivity contribution < 1.29 is 4.52 Å². The van der Waals surface area contributed by atoms with Gasteiger partial charge in [-0.3, -0.25) is 9.36 Å². The van der Waals surface area contributed by atoms with E-state index in [1.54, 1.807) is 0 Å². The second-order valence-corrected chi connectivity index (χ2v) is 8.82. The van der Waals surface area contributed by atoms with Crippen LogP contribution < -0.4 is 5.32 Å². The molecule has 0 atom stereocenters. The van der Waals surface area contributed by atoms with E-state index in [0.29, 0.717) is 5.95 Å². The van der Waals surface area contributed by atoms with E-state index in [9.17, 15) is 0 Å². The largest absolute Gasteiger partial charge is 0.361 e. The topological polar surface area (TPSA) is 99.5 Å². The first-order valence-electron chi connectivity index (χ1n) is 11.8. The first-order valence-corrected chi connectivity index (χ1v) is 11.8. The van der Waals surface area contributed by atoms with E-state index in [-0.39, 0.29) is 0 Å². The summed E-state index contributed by atoms with van der Waals surface area (Å²) in [4.78, 5) is 9.47. The molecule has 1 N–H and O–H groups in total. The van der Waals surface area contributed by atoms with Gasteiger partial charge in [0, 0.05) is 48.7 Å². The highest BCUT2D eigenvalue weighted by Crippen LogP contribution is 2.40. The van der Waals surface area contributed by atoms with Crippen molar-refractivity contribution in [3.63, 3.8) is 0 Å². The minimum atomic E-state index is 0.529. The number of aromatic nitrogens is 7. The van der Waals surface area contributed by atoms with Gasteiger partial charge < -0.3 is 9.84 Å². The summed E-state index contributed by atoms with van der Waals surface area (Å²) in [5.74, 6) is 2.08. The van der Waals surface area contributed by atoms with Gasteiger partial charge in [0.25, 0.3) is 0 Å². The summed E-state index contributed by atoms with van der Waals surface area (Å²) in [6.07, 6.45) is 5.59. The van der Waals surface area contributed by atoms with Crippen molar-refractivity contribution in [2.75, 3.05) is 5.32 Å². The third-order valence-electron chi connectivity index (χ3n) is 6.54. The zero-order valence-corrected chi connectivity index (χ0v) is 20.2. The molecular formula is C26H26N8O. The summed E-state index contributed by atoms with van der Waals surface area (Å²) >= 11 is 0. The quantitative estimate of drug-likeness (QED) is 0.394. The van der Waals surface area contributed by atoms with Crippen molar-refractivity contribution in [3.8, 4) is 33.6 Å². The molecule has 0 amide bonds. The van der Waals surface area contributed by atoms with Gasteiger partial charge in [-0.1, -0.05) is 29.4 Å². The fourth-order valence-electron chi connectivity index (χ4n) is 4.86. The Labute approximate surface area is 202 Å². The lowest BCUT2D eigenvalue weighted by Crippen LogP contribution is -2.08. The molecule has 5 aromatic rings. The van der Waals surface area contributed by atoms with Crippen LogP contribution in [0.1, 0.15) is 29.6 Å². The number of fused-ring (bicyclic) bond motifs is 3. The summed E-state index contributed by atoms with van der Waals surface area (Å²) in [7, 11) is 1.99. The number of aryl methyl sites for hydroxylation is 6. The van der Waals surface area contributed by atoms with Gasteiger partial charge in [0.2, 0.25) is 5.95 Å². The Morgan fingerprint density at radius 3 is 2.51 bits per heavy atom. The molecule has 0 spiro atoms. The van der Waals surface area contributed by atoms with Crippen LogP contribution >= 0.6 is 0 Å². The molecule has 0 fully saturated rings. The van der Waals surface area contributed by atoms with Crippen LogP contribution in [0.3, 0.4) is 0 Å². The molecule has 4 aromatic heterocycles. The molecule has 6 rings (SSSR count). The molecule has 0 aliphatic heterocycles. The van der Waals surface area contributed by atoms with E-state index in [4.69, 9.17) is 14.6 Å². The van der Waals surface area contributed by atoms with Gasteiger partial charge in [-0.15, -0.1) is 0 Å². The van der Waals surface area contributed by atoms with Crippen molar-refractivity contribution in [1.29, 1.82) is 0 Å². The third-order valence-corrected chi connectivity index (χ3v) is 6.54. The van der Waals surface area contributed by atoms with Gasteiger partial charge >= 0.3 is 0 Å². The summed E-state index contributed by atoms with van der Waals surface area (Å²) in [6.45, 7) is 6.77. The van der Waals surface area contributed by atoms with Crippen LogP contribution in [0, 0.1) is 13.8 Å². The Bertz CT molecular complexity index is 1520. The highest BCUT2D eigenvalue weighted by atomic mass is 16.5. The molecule has 35 heavy (non-hydrogen) atoms. The van der Waals surface area contributed by atoms with Crippen molar-refractivity contribution in [2.45, 2.75) is 40.2 Å². The number of rotatable bonds is 5. The van der Waals surface area contributed by atoms with Crippen LogP contribution in [0.4, 0.5) is 11.8 Å². The maximum absolute atomic E-state index is 5.36. The summed E-state index contributed by atoms with van der Waals surface area (Å²) in [5, 5.41) is 16.7. The van der Waals surface area contributed by atoms with E-state index >= 15 is 0 Å². The van der Waals surface area contributed by atoms with Crippen LogP contribution in [-0.4, -0.2) is 34.7 Å². The average Bonchev–Trinajstić information content (AvgIpc) is 3.55. The number of nitrogens with zero attached hydrogens (tertiary/aromatic N) is 7. The molecule has 9 nitrogen and oxygen atoms in total. The van der Waals surface area contributed by atoms with Crippen molar-refractivity contribution in [3.05, 3.63) is 65.4 Å². The van der Waals surface area contributed by atoms with E-state index < -0.39 is 0 Å². The lowest BCUT2D eigenvalue weighted by Gasteiger charge is -2.17. The highest BCUT2D eigenvalue weighted by Gasteiger charge is 2.27. The Morgan fingerprint density at radius 2 is 1.80 bits per heavy atom. The minimum Gasteiger partial charge on any atom is -0.361 e. The minimum absolute atomic E-state index is 0.529. The van der Waals surface area contributed by atoms with Gasteiger partial charge in [0.15, 0.2) is 5.82 Å². The van der Waals surface area contributed by atoms with Crippen molar-refractivity contribution in [2.24, 2.45) is 7.05 Å². The van der Waals surface area contributed by atoms with Gasteiger partial charge in [-0.2, -0.15) is 10.2 Å². The van der Waals surface area contributed by atoms with E-state index in [1.165, 1.54) is 0 Å². The second-order valence-electron chi connectivity index (χ2n) is 8.82. The van der Waals surface area contributed by atoms with E-state index in [1.807, 2.05) is 48.7 Å². The summed E-state index contributed by atoms with van der Waals surface area (Å²) < 4.78 is 9.18. The standard InChI is InChI=1S/C26H26N8O/c1-5-34-13-12-21(31-34)28-26-27-14-19-10-11-20-23(24(19)29-26)25(33(4)30-20)18-8-6-17(7-9-18)22-15(2)32-35-16(22)3/h6-9,12-14H,5,10-11H2,1-4H3,(H,27,28,29,31). The fourth-order valence-corrected chi connectivity index (χ4v) is 4.86. The lowest BCUT2D eigenvalue weighted by atomic mass is 9.91. The van der Waals surface area contributed by atoms with E-state index in [0.717, 1.165) is 81.6 Å². The third kappa shape index (κ3) is 3.60. The zero-order chi connectivity index (χ0) is 24.1. The number of nitrogens with one attached hydrogen (secondary N) is 1. The first-order chi connectivity index (χ1) is 17.0. The maximum atomic E-state index is 5.36. The smallest absolute Gasteiger partial charge is 0.228 e. The molecule has 1 aromatic carbocycles. The van der Waals surface area contributed by atoms with E-state index in [2.05, 4.69) is 51.7 Å². The van der Waals surface area contributed by atoms with Gasteiger partial charge in [-0.25, -0.2) is 9.97 Å². The SMILES string of the molecule is CCn1ccc(Nc2ncc3c(n2)-c2c(nn(C)c2-c2ccc(-c4c(C)noc4C)cc2)CC3)n1. The molecule has 0 saturated carbocycles. The Hall–Kier alpha value is -4.27. The second kappa shape index (κ2) is 8.19. The average molecular weight is 467 g/mol. The van der Waals surface area contributed by atoms with Crippen LogP contribution in [0.25, 0.3) is 33.6 Å². The van der Waals surface area contributed by atoms with Crippen LogP contribution in [0.15, 0.2) is 47.2 Å². The molecule has 1 aliphatic rings. The number of hydrogen-bond donors (Lipinski definition) is 1. The molecule has 0 bridgehead atoms. The highest BCUT2D eigenvalue weighted by molar-refractivity contribution is 5.85. The van der Waals surface area contributed by atoms with Gasteiger partial charge in [-0.05, 0) is 44.7 Å².